The van der Waals surface area contributed by atoms with Gasteiger partial charge in [0.05, 0.1) is 13.2 Å². The molecule has 0 aliphatic rings. The molecule has 0 spiro atoms. The zero-order valence-electron chi connectivity index (χ0n) is 15.8. The van der Waals surface area contributed by atoms with Gasteiger partial charge in [0.25, 0.3) is 0 Å². The van der Waals surface area contributed by atoms with Crippen LogP contribution in [0, 0.1) is 6.92 Å². The van der Waals surface area contributed by atoms with Crippen molar-refractivity contribution in [1.29, 1.82) is 0 Å². The summed E-state index contributed by atoms with van der Waals surface area (Å²) in [6.45, 7) is 8.05. The average molecular weight is 407 g/mol. The molecule has 0 aliphatic heterocycles. The van der Waals surface area contributed by atoms with Crippen LogP contribution in [0.15, 0.2) is 30.3 Å². The molecule has 2 nitrogen and oxygen atoms in total. The number of hydrogen-bond donors (Lipinski definition) is 0. The predicted octanol–water partition coefficient (Wildman–Crippen LogP) is 7.05. The van der Waals surface area contributed by atoms with Crippen molar-refractivity contribution >= 4 is 26.7 Å². The van der Waals surface area contributed by atoms with Crippen LogP contribution >= 0.6 is 15.9 Å². The Morgan fingerprint density at radius 2 is 1.56 bits per heavy atom. The minimum Gasteiger partial charge on any atom is -0.493 e. The zero-order chi connectivity index (χ0) is 18.1. The van der Waals surface area contributed by atoms with Gasteiger partial charge in [-0.2, -0.15) is 0 Å². The van der Waals surface area contributed by atoms with Crippen LogP contribution in [0.1, 0.15) is 57.9 Å². The lowest BCUT2D eigenvalue weighted by atomic mass is 10.1. The van der Waals surface area contributed by atoms with E-state index in [4.69, 9.17) is 9.47 Å². The summed E-state index contributed by atoms with van der Waals surface area (Å²) in [5.74, 6) is 1.92. The number of aryl methyl sites for hydroxylation is 1. The molecule has 1 atom stereocenters. The maximum absolute atomic E-state index is 6.10. The number of benzene rings is 2. The van der Waals surface area contributed by atoms with Gasteiger partial charge in [0.2, 0.25) is 0 Å². The number of ether oxygens (including phenoxy) is 2. The first-order valence-corrected chi connectivity index (χ1v) is 10.5. The van der Waals surface area contributed by atoms with E-state index in [1.54, 1.807) is 0 Å². The highest BCUT2D eigenvalue weighted by Gasteiger charge is 2.09. The summed E-state index contributed by atoms with van der Waals surface area (Å²) in [6, 6.07) is 10.6. The largest absolute Gasteiger partial charge is 0.493 e. The number of hydrogen-bond acceptors (Lipinski definition) is 2. The Kier molecular flexibility index (Phi) is 8.60. The van der Waals surface area contributed by atoms with Gasteiger partial charge in [-0.25, -0.2) is 0 Å². The summed E-state index contributed by atoms with van der Waals surface area (Å²) < 4.78 is 12.1. The van der Waals surface area contributed by atoms with Gasteiger partial charge < -0.3 is 9.47 Å². The minimum atomic E-state index is 0.635. The maximum atomic E-state index is 6.10. The number of fused-ring (bicyclic) bond motifs is 1. The lowest BCUT2D eigenvalue weighted by Crippen LogP contribution is -2.02. The molecule has 1 unspecified atom stereocenters. The smallest absolute Gasteiger partial charge is 0.127 e. The van der Waals surface area contributed by atoms with Gasteiger partial charge in [0, 0.05) is 15.6 Å². The molecule has 25 heavy (non-hydrogen) atoms. The second-order valence-corrected chi connectivity index (χ2v) is 7.96. The molecule has 0 saturated heterocycles. The van der Waals surface area contributed by atoms with Gasteiger partial charge in [0.15, 0.2) is 0 Å². The molecular formula is C22H31BrO2. The van der Waals surface area contributed by atoms with E-state index in [9.17, 15) is 0 Å². The van der Waals surface area contributed by atoms with E-state index >= 15 is 0 Å². The van der Waals surface area contributed by atoms with E-state index in [-0.39, 0.29) is 0 Å². The van der Waals surface area contributed by atoms with Crippen LogP contribution < -0.4 is 9.47 Å². The van der Waals surface area contributed by atoms with Gasteiger partial charge in [-0.05, 0) is 57.2 Å². The summed E-state index contributed by atoms with van der Waals surface area (Å²) in [5.41, 5.74) is 1.24. The van der Waals surface area contributed by atoms with Crippen molar-refractivity contribution in [3.8, 4) is 11.5 Å². The van der Waals surface area contributed by atoms with E-state index < -0.39 is 0 Å². The molecule has 0 aliphatic carbocycles. The van der Waals surface area contributed by atoms with Crippen molar-refractivity contribution in [3.63, 3.8) is 0 Å². The van der Waals surface area contributed by atoms with Crippen LogP contribution in [-0.4, -0.2) is 18.0 Å². The quantitative estimate of drug-likeness (QED) is 0.294. The van der Waals surface area contributed by atoms with E-state index in [2.05, 4.69) is 61.0 Å². The Hall–Kier alpha value is -1.22. The van der Waals surface area contributed by atoms with Gasteiger partial charge in [0.1, 0.15) is 11.5 Å². The van der Waals surface area contributed by atoms with Gasteiger partial charge in [-0.15, -0.1) is 0 Å². The molecule has 3 heteroatoms. The van der Waals surface area contributed by atoms with Crippen molar-refractivity contribution < 1.29 is 9.47 Å². The van der Waals surface area contributed by atoms with Gasteiger partial charge >= 0.3 is 0 Å². The molecule has 0 saturated carbocycles. The SMILES string of the molecule is CCCCOc1ccc(OCCCCC(Br)CC)c2cc(C)ccc12. The number of alkyl halides is 1. The maximum Gasteiger partial charge on any atom is 0.127 e. The average Bonchev–Trinajstić information content (AvgIpc) is 2.62. The monoisotopic (exact) mass is 406 g/mol. The predicted molar refractivity (Wildman–Crippen MR) is 111 cm³/mol. The van der Waals surface area contributed by atoms with Crippen LogP contribution in [0.4, 0.5) is 0 Å². The Bertz CT molecular complexity index is 654. The first kappa shape index (κ1) is 20.1. The summed E-state index contributed by atoms with van der Waals surface area (Å²) >= 11 is 3.69. The lowest BCUT2D eigenvalue weighted by molar-refractivity contribution is 0.303. The van der Waals surface area contributed by atoms with Crippen LogP contribution in [0.2, 0.25) is 0 Å². The molecule has 0 radical (unpaired) electrons. The second kappa shape index (κ2) is 10.7. The molecule has 0 heterocycles. The standard InChI is InChI=1S/C22H31BrO2/c1-4-6-14-24-21-12-13-22(20-16-17(3)10-11-19(20)21)25-15-8-7-9-18(23)5-2/h10-13,16,18H,4-9,14-15H2,1-3H3. The number of rotatable bonds is 11. The fourth-order valence-corrected chi connectivity index (χ4v) is 3.16. The Morgan fingerprint density at radius 1 is 0.880 bits per heavy atom. The molecule has 2 aromatic carbocycles. The van der Waals surface area contributed by atoms with Crippen molar-refractivity contribution in [2.24, 2.45) is 0 Å². The normalized spacial score (nSPS) is 12.3. The van der Waals surface area contributed by atoms with Crippen LogP contribution in [-0.2, 0) is 0 Å². The molecule has 138 valence electrons. The highest BCUT2D eigenvalue weighted by Crippen LogP contribution is 2.34. The van der Waals surface area contributed by atoms with Crippen molar-refractivity contribution in [1.82, 2.24) is 0 Å². The zero-order valence-corrected chi connectivity index (χ0v) is 17.4. The molecule has 0 fully saturated rings. The Morgan fingerprint density at radius 3 is 2.24 bits per heavy atom. The van der Waals surface area contributed by atoms with Crippen molar-refractivity contribution in [2.75, 3.05) is 13.2 Å². The molecule has 0 aromatic heterocycles. The van der Waals surface area contributed by atoms with Crippen molar-refractivity contribution in [3.05, 3.63) is 35.9 Å². The fourth-order valence-electron chi connectivity index (χ4n) is 2.84. The van der Waals surface area contributed by atoms with Crippen molar-refractivity contribution in [2.45, 2.75) is 64.1 Å². The Labute approximate surface area is 161 Å². The van der Waals surface area contributed by atoms with Gasteiger partial charge in [-0.1, -0.05) is 53.9 Å². The lowest BCUT2D eigenvalue weighted by Gasteiger charge is -2.14. The highest BCUT2D eigenvalue weighted by molar-refractivity contribution is 9.09. The van der Waals surface area contributed by atoms with Crippen LogP contribution in [0.25, 0.3) is 10.8 Å². The molecule has 0 N–H and O–H groups in total. The van der Waals surface area contributed by atoms with E-state index in [1.807, 2.05) is 6.07 Å². The second-order valence-electron chi connectivity index (χ2n) is 6.66. The molecule has 2 aromatic rings. The minimum absolute atomic E-state index is 0.635. The topological polar surface area (TPSA) is 18.5 Å². The van der Waals surface area contributed by atoms with Crippen LogP contribution in [0.3, 0.4) is 0 Å². The van der Waals surface area contributed by atoms with E-state index in [0.29, 0.717) is 4.83 Å². The summed E-state index contributed by atoms with van der Waals surface area (Å²) in [6.07, 6.45) is 6.90. The van der Waals surface area contributed by atoms with Crippen LogP contribution in [0.5, 0.6) is 11.5 Å². The first-order chi connectivity index (χ1) is 12.2. The summed E-state index contributed by atoms with van der Waals surface area (Å²) in [5, 5.41) is 2.30. The van der Waals surface area contributed by atoms with Gasteiger partial charge in [-0.3, -0.25) is 0 Å². The summed E-state index contributed by atoms with van der Waals surface area (Å²) in [7, 11) is 0. The third kappa shape index (κ3) is 6.22. The third-order valence-corrected chi connectivity index (χ3v) is 5.57. The highest BCUT2D eigenvalue weighted by atomic mass is 79.9. The number of halogens is 1. The first-order valence-electron chi connectivity index (χ1n) is 9.58. The molecular weight excluding hydrogens is 376 g/mol. The molecule has 0 bridgehead atoms. The molecule has 2 rings (SSSR count). The van der Waals surface area contributed by atoms with E-state index in [1.165, 1.54) is 24.8 Å². The molecule has 0 amide bonds. The fraction of sp³-hybridized carbons (Fsp3) is 0.545. The number of unbranched alkanes of at least 4 members (excludes halogenated alkanes) is 2. The third-order valence-electron chi connectivity index (χ3n) is 4.46. The van der Waals surface area contributed by atoms with E-state index in [0.717, 1.165) is 54.7 Å². The summed E-state index contributed by atoms with van der Waals surface area (Å²) in [4.78, 5) is 0.635. The Balaban J connectivity index is 2.04.